The molecule has 2 rings (SSSR count). The van der Waals surface area contributed by atoms with Crippen molar-refractivity contribution in [3.8, 4) is 0 Å². The van der Waals surface area contributed by atoms with Gasteiger partial charge in [0.25, 0.3) is 0 Å². The fourth-order valence-electron chi connectivity index (χ4n) is 2.95. The SMILES string of the molecule is C=C1C(=O)O[C@@H]2/C=C(\CO)CC/C=C(\COC(=O)C(C)C)[C@@H](O)C[C@@H]12. The number of carbonyl (C=O) groups is 2. The maximum absolute atomic E-state index is 11.8. The van der Waals surface area contributed by atoms with E-state index in [1.165, 1.54) is 0 Å². The topological polar surface area (TPSA) is 93.1 Å². The Morgan fingerprint density at radius 2 is 2.20 bits per heavy atom. The molecule has 0 aromatic heterocycles. The van der Waals surface area contributed by atoms with Gasteiger partial charge in [0.15, 0.2) is 0 Å². The number of aliphatic hydroxyl groups excluding tert-OH is 2. The third kappa shape index (κ3) is 4.80. The van der Waals surface area contributed by atoms with Gasteiger partial charge in [-0.2, -0.15) is 0 Å². The van der Waals surface area contributed by atoms with Crippen LogP contribution in [0.2, 0.25) is 0 Å². The summed E-state index contributed by atoms with van der Waals surface area (Å²) >= 11 is 0. The molecule has 2 aliphatic rings. The van der Waals surface area contributed by atoms with Gasteiger partial charge < -0.3 is 19.7 Å². The average Bonchev–Trinajstić information content (AvgIpc) is 2.83. The number of aliphatic hydroxyl groups is 2. The highest BCUT2D eigenvalue weighted by Gasteiger charge is 2.39. The molecule has 25 heavy (non-hydrogen) atoms. The molecule has 0 amide bonds. The summed E-state index contributed by atoms with van der Waals surface area (Å²) in [6.45, 7) is 7.15. The predicted molar refractivity (Wildman–Crippen MR) is 91.4 cm³/mol. The summed E-state index contributed by atoms with van der Waals surface area (Å²) in [6.07, 6.45) is 3.60. The number of carbonyl (C=O) groups excluding carboxylic acids is 2. The number of rotatable bonds is 4. The highest BCUT2D eigenvalue weighted by Crippen LogP contribution is 2.34. The molecule has 6 nitrogen and oxygen atoms in total. The summed E-state index contributed by atoms with van der Waals surface area (Å²) in [7, 11) is 0. The lowest BCUT2D eigenvalue weighted by atomic mass is 9.86. The van der Waals surface area contributed by atoms with E-state index >= 15 is 0 Å². The van der Waals surface area contributed by atoms with E-state index in [1.807, 2.05) is 6.08 Å². The zero-order valence-electron chi connectivity index (χ0n) is 14.7. The number of hydrogen-bond donors (Lipinski definition) is 2. The molecule has 0 unspecified atom stereocenters. The van der Waals surface area contributed by atoms with Crippen molar-refractivity contribution in [3.63, 3.8) is 0 Å². The van der Waals surface area contributed by atoms with Crippen molar-refractivity contribution in [2.24, 2.45) is 11.8 Å². The summed E-state index contributed by atoms with van der Waals surface area (Å²) in [4.78, 5) is 23.5. The van der Waals surface area contributed by atoms with Gasteiger partial charge in [0.05, 0.1) is 18.6 Å². The summed E-state index contributed by atoms with van der Waals surface area (Å²) in [5, 5.41) is 20.1. The quantitative estimate of drug-likeness (QED) is 0.455. The largest absolute Gasteiger partial charge is 0.461 e. The summed E-state index contributed by atoms with van der Waals surface area (Å²) in [5.41, 5.74) is 1.68. The average molecular weight is 350 g/mol. The first-order chi connectivity index (χ1) is 11.8. The number of hydrogen-bond acceptors (Lipinski definition) is 6. The Bertz CT molecular complexity index is 601. The smallest absolute Gasteiger partial charge is 0.334 e. The molecule has 0 aromatic rings. The van der Waals surface area contributed by atoms with Crippen molar-refractivity contribution in [3.05, 3.63) is 35.5 Å². The monoisotopic (exact) mass is 350 g/mol. The van der Waals surface area contributed by atoms with Crippen molar-refractivity contribution in [2.75, 3.05) is 13.2 Å². The lowest BCUT2D eigenvalue weighted by molar-refractivity contribution is -0.146. The van der Waals surface area contributed by atoms with Crippen LogP contribution in [0.15, 0.2) is 35.5 Å². The standard InChI is InChI=1S/C19H26O6/c1-11(2)18(22)24-10-14-6-4-5-13(9-20)7-17-15(8-16(14)21)12(3)19(23)25-17/h6-7,11,15-17,20-21H,3-5,8-10H2,1-2H3/b13-7-,14-6+/t15-,16-,17+/m0/s1. The van der Waals surface area contributed by atoms with Gasteiger partial charge in [-0.25, -0.2) is 4.79 Å². The second-order valence-corrected chi connectivity index (χ2v) is 6.82. The van der Waals surface area contributed by atoms with Gasteiger partial charge >= 0.3 is 11.9 Å². The molecule has 0 saturated carbocycles. The van der Waals surface area contributed by atoms with E-state index in [1.54, 1.807) is 19.9 Å². The first kappa shape index (κ1) is 19.4. The fraction of sp³-hybridized carbons (Fsp3) is 0.579. The molecule has 2 N–H and O–H groups in total. The van der Waals surface area contributed by atoms with Gasteiger partial charge in [0.1, 0.15) is 12.7 Å². The van der Waals surface area contributed by atoms with Crippen LogP contribution in [0.1, 0.15) is 33.1 Å². The van der Waals surface area contributed by atoms with Crippen LogP contribution in [0.25, 0.3) is 0 Å². The highest BCUT2D eigenvalue weighted by molar-refractivity contribution is 5.91. The van der Waals surface area contributed by atoms with Crippen LogP contribution in [-0.4, -0.2) is 47.6 Å². The molecule has 1 heterocycles. The Hall–Kier alpha value is -1.92. The summed E-state index contributed by atoms with van der Waals surface area (Å²) in [5.74, 6) is -1.42. The van der Waals surface area contributed by atoms with Gasteiger partial charge in [-0.15, -0.1) is 0 Å². The molecule has 0 radical (unpaired) electrons. The van der Waals surface area contributed by atoms with Gasteiger partial charge in [-0.3, -0.25) is 4.79 Å². The Kier molecular flexibility index (Phi) is 6.56. The van der Waals surface area contributed by atoms with Crippen LogP contribution in [0.5, 0.6) is 0 Å². The zero-order chi connectivity index (χ0) is 18.6. The number of fused-ring (bicyclic) bond motifs is 1. The van der Waals surface area contributed by atoms with Gasteiger partial charge in [0.2, 0.25) is 0 Å². The van der Waals surface area contributed by atoms with E-state index in [2.05, 4.69) is 6.58 Å². The minimum absolute atomic E-state index is 0.00895. The molecular weight excluding hydrogens is 324 g/mol. The van der Waals surface area contributed by atoms with Crippen molar-refractivity contribution in [1.29, 1.82) is 0 Å². The van der Waals surface area contributed by atoms with Crippen LogP contribution in [0.4, 0.5) is 0 Å². The van der Waals surface area contributed by atoms with E-state index in [4.69, 9.17) is 9.47 Å². The van der Waals surface area contributed by atoms with Crippen LogP contribution in [-0.2, 0) is 19.1 Å². The molecule has 1 fully saturated rings. The maximum atomic E-state index is 11.8. The Morgan fingerprint density at radius 3 is 2.84 bits per heavy atom. The number of ether oxygens (including phenoxy) is 2. The Morgan fingerprint density at radius 1 is 1.48 bits per heavy atom. The van der Waals surface area contributed by atoms with Crippen LogP contribution in [0.3, 0.4) is 0 Å². The molecule has 1 aliphatic heterocycles. The molecule has 138 valence electrons. The van der Waals surface area contributed by atoms with Crippen molar-refractivity contribution in [1.82, 2.24) is 0 Å². The van der Waals surface area contributed by atoms with Gasteiger partial charge in [-0.1, -0.05) is 26.5 Å². The lowest BCUT2D eigenvalue weighted by Gasteiger charge is -2.23. The molecule has 6 heteroatoms. The minimum atomic E-state index is -0.859. The van der Waals surface area contributed by atoms with E-state index in [0.29, 0.717) is 24.0 Å². The Balaban J connectivity index is 2.20. The maximum Gasteiger partial charge on any atom is 0.334 e. The third-order valence-corrected chi connectivity index (χ3v) is 4.58. The van der Waals surface area contributed by atoms with Crippen LogP contribution in [0, 0.1) is 11.8 Å². The number of esters is 2. The summed E-state index contributed by atoms with van der Waals surface area (Å²) < 4.78 is 10.6. The Labute approximate surface area is 147 Å². The molecule has 1 saturated heterocycles. The number of allylic oxidation sites excluding steroid dienone is 1. The molecular formula is C19H26O6. The second kappa shape index (κ2) is 8.45. The predicted octanol–water partition coefficient (Wildman–Crippen LogP) is 1.67. The van der Waals surface area contributed by atoms with E-state index in [9.17, 15) is 19.8 Å². The highest BCUT2D eigenvalue weighted by atomic mass is 16.6. The normalized spacial score (nSPS) is 31.5. The zero-order valence-corrected chi connectivity index (χ0v) is 14.7. The van der Waals surface area contributed by atoms with E-state index < -0.39 is 18.2 Å². The summed E-state index contributed by atoms with van der Waals surface area (Å²) in [6, 6.07) is 0. The fourth-order valence-corrected chi connectivity index (χ4v) is 2.95. The first-order valence-corrected chi connectivity index (χ1v) is 8.57. The molecule has 0 aromatic carbocycles. The first-order valence-electron chi connectivity index (χ1n) is 8.57. The van der Waals surface area contributed by atoms with Crippen molar-refractivity contribution >= 4 is 11.9 Å². The minimum Gasteiger partial charge on any atom is -0.461 e. The molecule has 0 spiro atoms. The van der Waals surface area contributed by atoms with Crippen molar-refractivity contribution in [2.45, 2.75) is 45.3 Å². The van der Waals surface area contributed by atoms with E-state index in [0.717, 1.165) is 5.57 Å². The van der Waals surface area contributed by atoms with E-state index in [-0.39, 0.29) is 37.4 Å². The molecule has 0 bridgehead atoms. The second-order valence-electron chi connectivity index (χ2n) is 6.82. The molecule has 1 aliphatic carbocycles. The van der Waals surface area contributed by atoms with Crippen molar-refractivity contribution < 1.29 is 29.3 Å². The lowest BCUT2D eigenvalue weighted by Crippen LogP contribution is -2.26. The van der Waals surface area contributed by atoms with Crippen LogP contribution < -0.4 is 0 Å². The van der Waals surface area contributed by atoms with Crippen LogP contribution >= 0.6 is 0 Å². The van der Waals surface area contributed by atoms with Gasteiger partial charge in [-0.05, 0) is 36.5 Å². The third-order valence-electron chi connectivity index (χ3n) is 4.58. The molecule has 3 atom stereocenters. The van der Waals surface area contributed by atoms with Gasteiger partial charge in [0, 0.05) is 11.5 Å².